The van der Waals surface area contributed by atoms with Crippen molar-refractivity contribution in [2.45, 2.75) is 26.2 Å². The third kappa shape index (κ3) is 3.99. The number of piperidine rings is 1. The van der Waals surface area contributed by atoms with Gasteiger partial charge in [-0.1, -0.05) is 66.8 Å². The first-order valence-electron chi connectivity index (χ1n) is 10.5. The summed E-state index contributed by atoms with van der Waals surface area (Å²) in [6, 6.07) is 18.0. The Morgan fingerprint density at radius 1 is 0.967 bits per heavy atom. The molecule has 2 heterocycles. The van der Waals surface area contributed by atoms with Crippen molar-refractivity contribution in [3.8, 4) is 16.9 Å². The molecule has 1 fully saturated rings. The Kier molecular flexibility index (Phi) is 5.94. The van der Waals surface area contributed by atoms with Gasteiger partial charge >= 0.3 is 0 Å². The van der Waals surface area contributed by atoms with Crippen molar-refractivity contribution in [1.82, 2.24) is 9.55 Å². The fraction of sp³-hybridized carbons (Fsp3) is 0.231. The summed E-state index contributed by atoms with van der Waals surface area (Å²) in [4.78, 5) is 21.2. The highest BCUT2D eigenvalue weighted by Crippen LogP contribution is 2.27. The Morgan fingerprint density at radius 2 is 1.67 bits per heavy atom. The van der Waals surface area contributed by atoms with Crippen LogP contribution in [0.15, 0.2) is 78.1 Å². The van der Waals surface area contributed by atoms with E-state index in [0.29, 0.717) is 11.3 Å². The summed E-state index contributed by atoms with van der Waals surface area (Å²) in [6.07, 6.45) is 8.74. The van der Waals surface area contributed by atoms with Crippen LogP contribution in [0, 0.1) is 6.92 Å². The van der Waals surface area contributed by atoms with Gasteiger partial charge in [-0.3, -0.25) is 4.79 Å². The highest BCUT2D eigenvalue weighted by molar-refractivity contribution is 5.73. The third-order valence-corrected chi connectivity index (χ3v) is 5.48. The number of aromatic nitrogens is 2. The predicted molar refractivity (Wildman–Crippen MR) is 125 cm³/mol. The number of rotatable bonds is 5. The van der Waals surface area contributed by atoms with Crippen molar-refractivity contribution in [2.24, 2.45) is 0 Å². The van der Waals surface area contributed by atoms with E-state index in [2.05, 4.69) is 11.5 Å². The van der Waals surface area contributed by atoms with Crippen molar-refractivity contribution >= 4 is 12.0 Å². The molecule has 2 aromatic carbocycles. The number of hydrogen-bond acceptors (Lipinski definition) is 3. The molecule has 0 amide bonds. The minimum absolute atomic E-state index is 0.0635. The Balaban J connectivity index is 2.02. The number of benzene rings is 2. The first-order chi connectivity index (χ1) is 14.7. The predicted octanol–water partition coefficient (Wildman–Crippen LogP) is 5.40. The minimum Gasteiger partial charge on any atom is -0.342 e. The van der Waals surface area contributed by atoms with E-state index in [1.54, 1.807) is 16.7 Å². The molecule has 4 rings (SSSR count). The highest BCUT2D eigenvalue weighted by atomic mass is 16.1. The zero-order chi connectivity index (χ0) is 20.9. The van der Waals surface area contributed by atoms with Gasteiger partial charge in [0, 0.05) is 18.7 Å². The molecule has 1 aliphatic heterocycles. The maximum Gasteiger partial charge on any atom is 0.267 e. The SMILES string of the molecule is C=C/C=C/c1c(-c2ccccc2)nc(N2CCCCC2)n(-c2ccc(C)cc2)c1=O. The topological polar surface area (TPSA) is 38.1 Å². The van der Waals surface area contributed by atoms with Gasteiger partial charge in [0.2, 0.25) is 5.95 Å². The van der Waals surface area contributed by atoms with E-state index in [4.69, 9.17) is 4.98 Å². The standard InChI is InChI=1S/C26H27N3O/c1-3-4-13-23-24(21-11-7-5-8-12-21)27-26(28-18-9-6-10-19-28)29(25(23)30)22-16-14-20(2)15-17-22/h3-5,7-8,11-17H,1,6,9-10,18-19H2,2H3/b13-4+. The molecule has 1 aromatic heterocycles. The molecule has 3 aromatic rings. The van der Waals surface area contributed by atoms with Gasteiger partial charge in [0.1, 0.15) is 0 Å². The normalized spacial score (nSPS) is 14.2. The molecule has 1 saturated heterocycles. The molecule has 1 aliphatic rings. The number of nitrogens with zero attached hydrogens (tertiary/aromatic N) is 3. The smallest absolute Gasteiger partial charge is 0.267 e. The van der Waals surface area contributed by atoms with Gasteiger partial charge in [0.15, 0.2) is 0 Å². The summed E-state index contributed by atoms with van der Waals surface area (Å²) < 4.78 is 1.76. The van der Waals surface area contributed by atoms with Crippen molar-refractivity contribution in [3.63, 3.8) is 0 Å². The fourth-order valence-electron chi connectivity index (χ4n) is 3.89. The third-order valence-electron chi connectivity index (χ3n) is 5.48. The maximum absolute atomic E-state index is 13.8. The van der Waals surface area contributed by atoms with Gasteiger partial charge < -0.3 is 4.90 Å². The van der Waals surface area contributed by atoms with Crippen LogP contribution in [0.4, 0.5) is 5.95 Å². The van der Waals surface area contributed by atoms with Crippen molar-refractivity contribution in [1.29, 1.82) is 0 Å². The molecule has 0 spiro atoms. The molecule has 0 atom stereocenters. The quantitative estimate of drug-likeness (QED) is 0.541. The first kappa shape index (κ1) is 19.9. The zero-order valence-electron chi connectivity index (χ0n) is 17.4. The van der Waals surface area contributed by atoms with E-state index in [1.165, 1.54) is 6.42 Å². The summed E-state index contributed by atoms with van der Waals surface area (Å²) in [5, 5.41) is 0. The largest absolute Gasteiger partial charge is 0.342 e. The number of anilines is 1. The van der Waals surface area contributed by atoms with Crippen LogP contribution in [0.3, 0.4) is 0 Å². The summed E-state index contributed by atoms with van der Waals surface area (Å²) in [7, 11) is 0. The molecule has 0 radical (unpaired) electrons. The van der Waals surface area contributed by atoms with E-state index < -0.39 is 0 Å². The Labute approximate surface area is 177 Å². The molecule has 0 saturated carbocycles. The monoisotopic (exact) mass is 397 g/mol. The van der Waals surface area contributed by atoms with Crippen LogP contribution in [-0.2, 0) is 0 Å². The van der Waals surface area contributed by atoms with Gasteiger partial charge in [-0.2, -0.15) is 0 Å². The van der Waals surface area contributed by atoms with Crippen molar-refractivity contribution < 1.29 is 0 Å². The average molecular weight is 398 g/mol. The van der Waals surface area contributed by atoms with Crippen LogP contribution in [0.5, 0.6) is 0 Å². The second kappa shape index (κ2) is 8.95. The molecular formula is C26H27N3O. The van der Waals surface area contributed by atoms with Gasteiger partial charge in [-0.05, 0) is 44.4 Å². The summed E-state index contributed by atoms with van der Waals surface area (Å²) >= 11 is 0. The molecule has 0 aliphatic carbocycles. The molecule has 152 valence electrons. The van der Waals surface area contributed by atoms with Crippen LogP contribution in [0.1, 0.15) is 30.4 Å². The number of aryl methyl sites for hydroxylation is 1. The van der Waals surface area contributed by atoms with Crippen LogP contribution < -0.4 is 10.5 Å². The Morgan fingerprint density at radius 3 is 2.33 bits per heavy atom. The first-order valence-corrected chi connectivity index (χ1v) is 10.5. The molecule has 0 bridgehead atoms. The lowest BCUT2D eigenvalue weighted by atomic mass is 10.1. The Hall–Kier alpha value is -3.40. The number of allylic oxidation sites excluding steroid dienone is 2. The van der Waals surface area contributed by atoms with Crippen LogP contribution in [0.2, 0.25) is 0 Å². The second-order valence-electron chi connectivity index (χ2n) is 7.66. The minimum atomic E-state index is -0.0635. The number of hydrogen-bond donors (Lipinski definition) is 0. The molecule has 30 heavy (non-hydrogen) atoms. The van der Waals surface area contributed by atoms with E-state index in [0.717, 1.165) is 48.7 Å². The summed E-state index contributed by atoms with van der Waals surface area (Å²) in [6.45, 7) is 7.64. The zero-order valence-corrected chi connectivity index (χ0v) is 17.4. The highest BCUT2D eigenvalue weighted by Gasteiger charge is 2.22. The van der Waals surface area contributed by atoms with E-state index in [9.17, 15) is 4.79 Å². The lowest BCUT2D eigenvalue weighted by Crippen LogP contribution is -2.36. The second-order valence-corrected chi connectivity index (χ2v) is 7.66. The molecule has 4 heteroatoms. The van der Waals surface area contributed by atoms with Crippen LogP contribution >= 0.6 is 0 Å². The lowest BCUT2D eigenvalue weighted by Gasteiger charge is -2.30. The van der Waals surface area contributed by atoms with E-state index in [1.807, 2.05) is 67.6 Å². The molecule has 4 nitrogen and oxygen atoms in total. The molecule has 0 N–H and O–H groups in total. The summed E-state index contributed by atoms with van der Waals surface area (Å²) in [5.41, 5.74) is 4.16. The van der Waals surface area contributed by atoms with Crippen LogP contribution in [-0.4, -0.2) is 22.6 Å². The van der Waals surface area contributed by atoms with Crippen molar-refractivity contribution in [3.05, 3.63) is 94.8 Å². The summed E-state index contributed by atoms with van der Waals surface area (Å²) in [5.74, 6) is 0.721. The molecular weight excluding hydrogens is 370 g/mol. The van der Waals surface area contributed by atoms with Gasteiger partial charge in [0.25, 0.3) is 5.56 Å². The van der Waals surface area contributed by atoms with E-state index in [-0.39, 0.29) is 5.56 Å². The van der Waals surface area contributed by atoms with Crippen LogP contribution in [0.25, 0.3) is 23.0 Å². The van der Waals surface area contributed by atoms with E-state index >= 15 is 0 Å². The lowest BCUT2D eigenvalue weighted by molar-refractivity contribution is 0.562. The maximum atomic E-state index is 13.8. The van der Waals surface area contributed by atoms with Gasteiger partial charge in [-0.25, -0.2) is 9.55 Å². The Bertz CT molecular complexity index is 1110. The van der Waals surface area contributed by atoms with Crippen molar-refractivity contribution in [2.75, 3.05) is 18.0 Å². The van der Waals surface area contributed by atoms with Gasteiger partial charge in [0.05, 0.1) is 16.9 Å². The van der Waals surface area contributed by atoms with Gasteiger partial charge in [-0.15, -0.1) is 0 Å². The average Bonchev–Trinajstić information content (AvgIpc) is 2.80. The fourth-order valence-corrected chi connectivity index (χ4v) is 3.89. The molecule has 0 unspecified atom stereocenters.